The molecule has 0 radical (unpaired) electrons. The molecule has 1 aromatic carbocycles. The Kier molecular flexibility index (Phi) is 6.60. The summed E-state index contributed by atoms with van der Waals surface area (Å²) in [5, 5.41) is 4.50. The Bertz CT molecular complexity index is 610. The number of hydrogen-bond acceptors (Lipinski definition) is 4. The van der Waals surface area contributed by atoms with Crippen molar-refractivity contribution < 1.29 is 14.4 Å². The van der Waals surface area contributed by atoms with Crippen LogP contribution in [0.5, 0.6) is 0 Å². The molecule has 1 aliphatic carbocycles. The topological polar surface area (TPSA) is 55.7 Å². The van der Waals surface area contributed by atoms with Gasteiger partial charge in [-0.3, -0.25) is 4.79 Å². The van der Waals surface area contributed by atoms with E-state index in [9.17, 15) is 9.59 Å². The van der Waals surface area contributed by atoms with Crippen molar-refractivity contribution in [2.75, 3.05) is 5.88 Å². The number of rotatable bonds is 7. The number of carbonyl (C=O) groups excluding carboxylic acids is 2. The van der Waals surface area contributed by atoms with Gasteiger partial charge in [0.15, 0.2) is 5.78 Å². The van der Waals surface area contributed by atoms with Crippen LogP contribution in [0.4, 0.5) is 0 Å². The first-order chi connectivity index (χ1) is 11.0. The molecule has 0 unspecified atom stereocenters. The van der Waals surface area contributed by atoms with Gasteiger partial charge in [0.1, 0.15) is 5.88 Å². The highest BCUT2D eigenvalue weighted by Gasteiger charge is 2.37. The average Bonchev–Trinajstić information content (AvgIpc) is 2.50. The van der Waals surface area contributed by atoms with Gasteiger partial charge in [-0.05, 0) is 31.4 Å². The van der Waals surface area contributed by atoms with Gasteiger partial charge in [0, 0.05) is 22.4 Å². The molecule has 23 heavy (non-hydrogen) atoms. The molecule has 4 nitrogen and oxygen atoms in total. The molecule has 124 valence electrons. The third-order valence-corrected chi connectivity index (χ3v) is 4.42. The zero-order valence-corrected chi connectivity index (χ0v) is 14.4. The lowest BCUT2D eigenvalue weighted by atomic mass is 9.69. The molecular weight excluding hydrogens is 337 g/mol. The van der Waals surface area contributed by atoms with Crippen molar-refractivity contribution in [3.05, 3.63) is 34.9 Å². The lowest BCUT2D eigenvalue weighted by molar-refractivity contribution is -0.140. The number of carbonyl (C=O) groups is 2. The largest absolute Gasteiger partial charge is 0.349 e. The Labute approximate surface area is 145 Å². The van der Waals surface area contributed by atoms with Crippen LogP contribution in [0.15, 0.2) is 29.4 Å². The van der Waals surface area contributed by atoms with Crippen molar-refractivity contribution in [1.29, 1.82) is 0 Å². The summed E-state index contributed by atoms with van der Waals surface area (Å²) in [6.45, 7) is 2.03. The maximum absolute atomic E-state index is 12.4. The molecule has 1 aliphatic rings. The van der Waals surface area contributed by atoms with Crippen molar-refractivity contribution >= 4 is 40.7 Å². The fourth-order valence-corrected chi connectivity index (χ4v) is 2.93. The highest BCUT2D eigenvalue weighted by atomic mass is 35.5. The zero-order valence-electron chi connectivity index (χ0n) is 12.9. The highest BCUT2D eigenvalue weighted by molar-refractivity contribution is 6.31. The maximum atomic E-state index is 12.4. The van der Waals surface area contributed by atoms with E-state index in [-0.39, 0.29) is 23.5 Å². The molecule has 0 heterocycles. The molecule has 0 amide bonds. The van der Waals surface area contributed by atoms with Gasteiger partial charge in [-0.25, -0.2) is 4.79 Å². The third kappa shape index (κ3) is 4.79. The summed E-state index contributed by atoms with van der Waals surface area (Å²) in [7, 11) is 0. The first-order valence-electron chi connectivity index (χ1n) is 7.67. The molecule has 2 rings (SSSR count). The van der Waals surface area contributed by atoms with E-state index < -0.39 is 5.97 Å². The number of halogens is 2. The van der Waals surface area contributed by atoms with Gasteiger partial charge in [-0.1, -0.05) is 42.2 Å². The second-order valence-electron chi connectivity index (χ2n) is 5.67. The minimum absolute atomic E-state index is 0.0238. The fraction of sp³-hybridized carbons (Fsp3) is 0.471. The number of alkyl halides is 1. The van der Waals surface area contributed by atoms with Gasteiger partial charge < -0.3 is 4.84 Å². The van der Waals surface area contributed by atoms with Crippen molar-refractivity contribution in [1.82, 2.24) is 0 Å². The summed E-state index contributed by atoms with van der Waals surface area (Å²) in [6, 6.07) is 7.01. The Hall–Kier alpha value is -1.39. The van der Waals surface area contributed by atoms with Gasteiger partial charge in [0.2, 0.25) is 0 Å². The standard InChI is InChI=1S/C17H19Cl2NO3/c1-2-4-15(20-23-16(21)10-18)12-7-13(8-12)17(22)11-5-3-6-14(19)9-11/h3,5-6,9,12-13H,2,4,7-8,10H2,1H3/b20-15+. The number of nitrogens with zero attached hydrogens (tertiary/aromatic N) is 1. The lowest BCUT2D eigenvalue weighted by Crippen LogP contribution is -2.35. The fourth-order valence-electron chi connectivity index (χ4n) is 2.70. The second-order valence-corrected chi connectivity index (χ2v) is 6.37. The predicted molar refractivity (Wildman–Crippen MR) is 91.2 cm³/mol. The molecule has 1 saturated carbocycles. The summed E-state index contributed by atoms with van der Waals surface area (Å²) in [6.07, 6.45) is 3.10. The third-order valence-electron chi connectivity index (χ3n) is 3.97. The minimum Gasteiger partial charge on any atom is -0.317 e. The monoisotopic (exact) mass is 355 g/mol. The van der Waals surface area contributed by atoms with Crippen LogP contribution in [0.1, 0.15) is 43.0 Å². The minimum atomic E-state index is -0.564. The molecule has 1 fully saturated rings. The second kappa shape index (κ2) is 8.46. The van der Waals surface area contributed by atoms with Crippen LogP contribution >= 0.6 is 23.2 Å². The van der Waals surface area contributed by atoms with Gasteiger partial charge >= 0.3 is 5.97 Å². The Morgan fingerprint density at radius 3 is 2.65 bits per heavy atom. The molecule has 1 aromatic rings. The first-order valence-corrected chi connectivity index (χ1v) is 8.58. The quantitative estimate of drug-likeness (QED) is 0.238. The van der Waals surface area contributed by atoms with Gasteiger partial charge in [-0.15, -0.1) is 11.6 Å². The number of benzene rings is 1. The summed E-state index contributed by atoms with van der Waals surface area (Å²) >= 11 is 11.3. The molecule has 0 N–H and O–H groups in total. The summed E-state index contributed by atoms with van der Waals surface area (Å²) < 4.78 is 0. The molecule has 0 spiro atoms. The summed E-state index contributed by atoms with van der Waals surface area (Å²) in [4.78, 5) is 28.3. The van der Waals surface area contributed by atoms with Crippen molar-refractivity contribution in [3.63, 3.8) is 0 Å². The predicted octanol–water partition coefficient (Wildman–Crippen LogP) is 4.49. The zero-order chi connectivity index (χ0) is 16.8. The van der Waals surface area contributed by atoms with E-state index >= 15 is 0 Å². The Balaban J connectivity index is 1.95. The normalized spacial score (nSPS) is 20.7. The van der Waals surface area contributed by atoms with E-state index in [2.05, 4.69) is 5.16 Å². The number of ketones is 1. The average molecular weight is 356 g/mol. The molecule has 0 atom stereocenters. The van der Waals surface area contributed by atoms with Crippen molar-refractivity contribution in [3.8, 4) is 0 Å². The van der Waals surface area contributed by atoms with Crippen molar-refractivity contribution in [2.24, 2.45) is 17.0 Å². The van der Waals surface area contributed by atoms with Gasteiger partial charge in [-0.2, -0.15) is 0 Å². The highest BCUT2D eigenvalue weighted by Crippen LogP contribution is 2.38. The van der Waals surface area contributed by atoms with E-state index in [4.69, 9.17) is 28.0 Å². The smallest absolute Gasteiger partial charge is 0.317 e. The van der Waals surface area contributed by atoms with Crippen LogP contribution < -0.4 is 0 Å². The van der Waals surface area contributed by atoms with Gasteiger partial charge in [0.25, 0.3) is 0 Å². The van der Waals surface area contributed by atoms with Gasteiger partial charge in [0.05, 0.1) is 5.71 Å². The van der Waals surface area contributed by atoms with Crippen LogP contribution in [0, 0.1) is 11.8 Å². The SMILES string of the molecule is CCC/C(=N\OC(=O)CCl)C1CC(C(=O)c2cccc(Cl)c2)C1. The van der Waals surface area contributed by atoms with E-state index in [1.807, 2.05) is 6.92 Å². The molecule has 6 heteroatoms. The molecular formula is C17H19Cl2NO3. The maximum Gasteiger partial charge on any atom is 0.349 e. The van der Waals surface area contributed by atoms with Crippen LogP contribution in [-0.4, -0.2) is 23.3 Å². The number of hydrogen-bond donors (Lipinski definition) is 0. The van der Waals surface area contributed by atoms with Crippen LogP contribution in [0.2, 0.25) is 5.02 Å². The van der Waals surface area contributed by atoms with Crippen LogP contribution in [0.3, 0.4) is 0 Å². The number of Topliss-reactive ketones (excluding diaryl/α,β-unsaturated/α-hetero) is 1. The van der Waals surface area contributed by atoms with E-state index in [0.29, 0.717) is 10.6 Å². The van der Waals surface area contributed by atoms with Crippen LogP contribution in [-0.2, 0) is 9.63 Å². The van der Waals surface area contributed by atoms with Crippen LogP contribution in [0.25, 0.3) is 0 Å². The molecule has 0 bridgehead atoms. The first kappa shape index (κ1) is 18.0. The van der Waals surface area contributed by atoms with E-state index in [0.717, 1.165) is 31.4 Å². The summed E-state index contributed by atoms with van der Waals surface area (Å²) in [5.74, 6) is -0.511. The summed E-state index contributed by atoms with van der Waals surface area (Å²) in [5.41, 5.74) is 1.48. The molecule has 0 aliphatic heterocycles. The lowest BCUT2D eigenvalue weighted by Gasteiger charge is -2.34. The van der Waals surface area contributed by atoms with E-state index in [1.165, 1.54) is 0 Å². The molecule has 0 aromatic heterocycles. The Morgan fingerprint density at radius 2 is 2.04 bits per heavy atom. The van der Waals surface area contributed by atoms with E-state index in [1.54, 1.807) is 24.3 Å². The molecule has 0 saturated heterocycles. The van der Waals surface area contributed by atoms with Crippen molar-refractivity contribution in [2.45, 2.75) is 32.6 Å². The number of oxime groups is 1. The Morgan fingerprint density at radius 1 is 1.30 bits per heavy atom.